The van der Waals surface area contributed by atoms with Crippen molar-refractivity contribution < 1.29 is 9.53 Å². The highest BCUT2D eigenvalue weighted by atomic mass is 35.5. The minimum atomic E-state index is -0.590. The van der Waals surface area contributed by atoms with E-state index in [-0.39, 0.29) is 24.4 Å². The van der Waals surface area contributed by atoms with Gasteiger partial charge in [-0.1, -0.05) is 31.0 Å². The Bertz CT molecular complexity index is 481. The number of piperidine rings is 1. The minimum absolute atomic E-state index is 0. The fourth-order valence-electron chi connectivity index (χ4n) is 3.40. The number of para-hydroxylation sites is 1. The molecule has 2 aliphatic rings. The van der Waals surface area contributed by atoms with Crippen LogP contribution in [0.3, 0.4) is 0 Å². The molecule has 5 heteroatoms. The summed E-state index contributed by atoms with van der Waals surface area (Å²) in [7, 11) is 0. The van der Waals surface area contributed by atoms with Crippen molar-refractivity contribution in [2.24, 2.45) is 5.73 Å². The number of amides is 1. The third-order valence-electron chi connectivity index (χ3n) is 4.70. The van der Waals surface area contributed by atoms with Gasteiger partial charge in [-0.15, -0.1) is 12.4 Å². The van der Waals surface area contributed by atoms with Crippen LogP contribution in [-0.2, 0) is 4.79 Å². The largest absolute Gasteiger partial charge is 0.490 e. The number of carbonyl (C=O) groups excluding carboxylic acids is 1. The van der Waals surface area contributed by atoms with Crippen LogP contribution in [0.2, 0.25) is 0 Å². The maximum absolute atomic E-state index is 12.5. The van der Waals surface area contributed by atoms with Gasteiger partial charge in [-0.05, 0) is 25.0 Å². The maximum atomic E-state index is 12.5. The standard InChI is InChI=1S/C17H24N2O2.ClH/c18-17(10-4-5-11-17)16(20)19-12-8-15(9-13-19)21-14-6-2-1-3-7-14;/h1-3,6-7,15H,4-5,8-13,18H2;1H. The third kappa shape index (κ3) is 3.73. The molecular weight excluding hydrogens is 300 g/mol. The second-order valence-electron chi connectivity index (χ2n) is 6.29. The molecule has 1 aliphatic carbocycles. The van der Waals surface area contributed by atoms with Gasteiger partial charge in [0.1, 0.15) is 11.9 Å². The number of benzene rings is 1. The molecule has 1 aliphatic heterocycles. The molecule has 1 saturated carbocycles. The summed E-state index contributed by atoms with van der Waals surface area (Å²) in [6, 6.07) is 9.89. The van der Waals surface area contributed by atoms with Crippen molar-refractivity contribution in [1.29, 1.82) is 0 Å². The Hall–Kier alpha value is -1.26. The summed E-state index contributed by atoms with van der Waals surface area (Å²) in [5.41, 5.74) is 5.68. The van der Waals surface area contributed by atoms with Gasteiger partial charge in [0, 0.05) is 25.9 Å². The lowest BCUT2D eigenvalue weighted by Gasteiger charge is -2.36. The lowest BCUT2D eigenvalue weighted by molar-refractivity contribution is -0.138. The molecule has 0 aromatic heterocycles. The molecule has 1 amide bonds. The van der Waals surface area contributed by atoms with Crippen molar-refractivity contribution in [1.82, 2.24) is 4.90 Å². The van der Waals surface area contributed by atoms with Crippen LogP contribution in [0.1, 0.15) is 38.5 Å². The van der Waals surface area contributed by atoms with Crippen LogP contribution in [0.15, 0.2) is 30.3 Å². The number of nitrogens with two attached hydrogens (primary N) is 1. The number of rotatable bonds is 3. The second kappa shape index (κ2) is 7.34. The van der Waals surface area contributed by atoms with E-state index in [0.29, 0.717) is 0 Å². The first-order valence-electron chi connectivity index (χ1n) is 7.97. The smallest absolute Gasteiger partial charge is 0.242 e. The Morgan fingerprint density at radius 3 is 2.32 bits per heavy atom. The van der Waals surface area contributed by atoms with Gasteiger partial charge in [-0.3, -0.25) is 4.79 Å². The molecule has 1 heterocycles. The van der Waals surface area contributed by atoms with E-state index in [2.05, 4.69) is 0 Å². The molecule has 4 nitrogen and oxygen atoms in total. The lowest BCUT2D eigenvalue weighted by atomic mass is 9.95. The van der Waals surface area contributed by atoms with Gasteiger partial charge in [0.25, 0.3) is 0 Å². The zero-order valence-electron chi connectivity index (χ0n) is 12.9. The fraction of sp³-hybridized carbons (Fsp3) is 0.588. The van der Waals surface area contributed by atoms with Gasteiger partial charge in [0.15, 0.2) is 0 Å². The summed E-state index contributed by atoms with van der Waals surface area (Å²) in [5, 5.41) is 0. The molecule has 2 N–H and O–H groups in total. The van der Waals surface area contributed by atoms with Gasteiger partial charge >= 0.3 is 0 Å². The van der Waals surface area contributed by atoms with Crippen LogP contribution in [0.4, 0.5) is 0 Å². The molecule has 2 fully saturated rings. The van der Waals surface area contributed by atoms with E-state index < -0.39 is 5.54 Å². The summed E-state index contributed by atoms with van der Waals surface area (Å²) in [5.74, 6) is 1.06. The highest BCUT2D eigenvalue weighted by molar-refractivity contribution is 5.86. The van der Waals surface area contributed by atoms with E-state index in [9.17, 15) is 4.79 Å². The predicted molar refractivity (Wildman–Crippen MR) is 89.3 cm³/mol. The van der Waals surface area contributed by atoms with E-state index >= 15 is 0 Å². The Balaban J connectivity index is 0.00000176. The topological polar surface area (TPSA) is 55.6 Å². The summed E-state index contributed by atoms with van der Waals surface area (Å²) in [6.45, 7) is 1.52. The molecule has 1 saturated heterocycles. The van der Waals surface area contributed by atoms with E-state index in [1.165, 1.54) is 0 Å². The monoisotopic (exact) mass is 324 g/mol. The van der Waals surface area contributed by atoms with Gasteiger partial charge < -0.3 is 15.4 Å². The van der Waals surface area contributed by atoms with Crippen LogP contribution in [0.5, 0.6) is 5.75 Å². The van der Waals surface area contributed by atoms with Gasteiger partial charge in [0.2, 0.25) is 5.91 Å². The first-order chi connectivity index (χ1) is 10.2. The van der Waals surface area contributed by atoms with Crippen molar-refractivity contribution in [2.75, 3.05) is 13.1 Å². The predicted octanol–water partition coefficient (Wildman–Crippen LogP) is 2.75. The van der Waals surface area contributed by atoms with Crippen LogP contribution in [-0.4, -0.2) is 35.5 Å². The number of halogens is 1. The van der Waals surface area contributed by atoms with Crippen molar-refractivity contribution in [3.8, 4) is 5.75 Å². The maximum Gasteiger partial charge on any atom is 0.242 e. The number of carbonyl (C=O) groups is 1. The number of hydrogen-bond donors (Lipinski definition) is 1. The van der Waals surface area contributed by atoms with E-state index in [4.69, 9.17) is 10.5 Å². The van der Waals surface area contributed by atoms with E-state index in [1.54, 1.807) is 0 Å². The fourth-order valence-corrected chi connectivity index (χ4v) is 3.40. The minimum Gasteiger partial charge on any atom is -0.490 e. The highest BCUT2D eigenvalue weighted by Crippen LogP contribution is 2.30. The molecule has 22 heavy (non-hydrogen) atoms. The summed E-state index contributed by atoms with van der Waals surface area (Å²) < 4.78 is 5.96. The van der Waals surface area contributed by atoms with Crippen LogP contribution >= 0.6 is 12.4 Å². The first-order valence-corrected chi connectivity index (χ1v) is 7.97. The van der Waals surface area contributed by atoms with Gasteiger partial charge in [0.05, 0.1) is 5.54 Å². The quantitative estimate of drug-likeness (QED) is 0.930. The van der Waals surface area contributed by atoms with Crippen LogP contribution < -0.4 is 10.5 Å². The van der Waals surface area contributed by atoms with E-state index in [0.717, 1.165) is 57.4 Å². The van der Waals surface area contributed by atoms with Gasteiger partial charge in [-0.25, -0.2) is 0 Å². The Labute approximate surface area is 138 Å². The number of likely N-dealkylation sites (tertiary alicyclic amines) is 1. The number of nitrogens with zero attached hydrogens (tertiary/aromatic N) is 1. The zero-order valence-corrected chi connectivity index (χ0v) is 13.7. The average molecular weight is 325 g/mol. The highest BCUT2D eigenvalue weighted by Gasteiger charge is 2.40. The van der Waals surface area contributed by atoms with Crippen molar-refractivity contribution in [3.05, 3.63) is 30.3 Å². The number of hydrogen-bond acceptors (Lipinski definition) is 3. The summed E-state index contributed by atoms with van der Waals surface area (Å²) in [6.07, 6.45) is 5.81. The van der Waals surface area contributed by atoms with E-state index in [1.807, 2.05) is 35.2 Å². The summed E-state index contributed by atoms with van der Waals surface area (Å²) in [4.78, 5) is 14.5. The molecular formula is C17H25ClN2O2. The third-order valence-corrected chi connectivity index (χ3v) is 4.70. The molecule has 1 aromatic carbocycles. The zero-order chi connectivity index (χ0) is 14.7. The van der Waals surface area contributed by atoms with Crippen LogP contribution in [0.25, 0.3) is 0 Å². The lowest BCUT2D eigenvalue weighted by Crippen LogP contribution is -2.56. The molecule has 3 rings (SSSR count). The molecule has 1 aromatic rings. The normalized spacial score (nSPS) is 21.2. The van der Waals surface area contributed by atoms with Gasteiger partial charge in [-0.2, -0.15) is 0 Å². The Morgan fingerprint density at radius 2 is 1.73 bits per heavy atom. The Kier molecular flexibility index (Phi) is 5.70. The molecule has 0 radical (unpaired) electrons. The second-order valence-corrected chi connectivity index (χ2v) is 6.29. The first kappa shape index (κ1) is 17.1. The average Bonchev–Trinajstić information content (AvgIpc) is 2.96. The molecule has 122 valence electrons. The summed E-state index contributed by atoms with van der Waals surface area (Å²) >= 11 is 0. The van der Waals surface area contributed by atoms with Crippen molar-refractivity contribution >= 4 is 18.3 Å². The van der Waals surface area contributed by atoms with Crippen molar-refractivity contribution in [2.45, 2.75) is 50.2 Å². The molecule has 0 bridgehead atoms. The molecule has 0 atom stereocenters. The molecule has 0 unspecified atom stereocenters. The number of ether oxygens (including phenoxy) is 1. The SMILES string of the molecule is Cl.NC1(C(=O)N2CCC(Oc3ccccc3)CC2)CCCC1. The van der Waals surface area contributed by atoms with Crippen molar-refractivity contribution in [3.63, 3.8) is 0 Å². The molecule has 0 spiro atoms. The van der Waals surface area contributed by atoms with Crippen LogP contribution in [0, 0.1) is 0 Å². The Morgan fingerprint density at radius 1 is 1.14 bits per heavy atom.